The fourth-order valence-corrected chi connectivity index (χ4v) is 2.18. The standard InChI is InChI=1S/C16H22O8/c1-5-21-11-9(15(17)18)10(16(19)20)12(22-6-2)14(24-8-4)13(11)23-7-3/h5-8H2,1-4H3,(H,17,18)(H,19,20). The predicted molar refractivity (Wildman–Crippen MR) is 85.0 cm³/mol. The molecule has 0 radical (unpaired) electrons. The van der Waals surface area contributed by atoms with Crippen LogP contribution in [0.5, 0.6) is 23.0 Å². The van der Waals surface area contributed by atoms with Gasteiger partial charge in [-0.05, 0) is 27.7 Å². The molecule has 8 heteroatoms. The van der Waals surface area contributed by atoms with Crippen molar-refractivity contribution >= 4 is 11.9 Å². The molecule has 0 aliphatic heterocycles. The van der Waals surface area contributed by atoms with E-state index in [0.717, 1.165) is 0 Å². The molecular weight excluding hydrogens is 320 g/mol. The molecule has 0 saturated heterocycles. The first-order valence-corrected chi connectivity index (χ1v) is 7.66. The number of carbonyl (C=O) groups is 2. The van der Waals surface area contributed by atoms with Gasteiger partial charge in [-0.25, -0.2) is 9.59 Å². The second-order valence-corrected chi connectivity index (χ2v) is 4.41. The van der Waals surface area contributed by atoms with E-state index in [-0.39, 0.29) is 49.4 Å². The number of rotatable bonds is 10. The fourth-order valence-electron chi connectivity index (χ4n) is 2.18. The summed E-state index contributed by atoms with van der Waals surface area (Å²) in [5, 5.41) is 19.1. The van der Waals surface area contributed by atoms with Crippen LogP contribution in [0.1, 0.15) is 48.4 Å². The maximum atomic E-state index is 11.7. The van der Waals surface area contributed by atoms with Crippen molar-refractivity contribution in [1.29, 1.82) is 0 Å². The van der Waals surface area contributed by atoms with E-state index in [0.29, 0.717) is 0 Å². The minimum absolute atomic E-state index is 0.0204. The molecular formula is C16H22O8. The van der Waals surface area contributed by atoms with Crippen LogP contribution in [0.4, 0.5) is 0 Å². The van der Waals surface area contributed by atoms with Crippen LogP contribution in [0.25, 0.3) is 0 Å². The number of benzene rings is 1. The highest BCUT2D eigenvalue weighted by molar-refractivity contribution is 6.07. The first-order chi connectivity index (χ1) is 11.4. The Bertz CT molecular complexity index is 556. The lowest BCUT2D eigenvalue weighted by Gasteiger charge is -2.22. The summed E-state index contributed by atoms with van der Waals surface area (Å²) in [6.07, 6.45) is 0. The highest BCUT2D eigenvalue weighted by atomic mass is 16.6. The van der Waals surface area contributed by atoms with Crippen LogP contribution in [0, 0.1) is 0 Å². The van der Waals surface area contributed by atoms with Crippen LogP contribution < -0.4 is 18.9 Å². The third-order valence-electron chi connectivity index (χ3n) is 2.91. The molecule has 2 N–H and O–H groups in total. The summed E-state index contributed by atoms with van der Waals surface area (Å²) in [6, 6.07) is 0. The lowest BCUT2D eigenvalue weighted by molar-refractivity contribution is 0.0641. The lowest BCUT2D eigenvalue weighted by Crippen LogP contribution is -2.16. The van der Waals surface area contributed by atoms with Crippen molar-refractivity contribution < 1.29 is 38.7 Å². The van der Waals surface area contributed by atoms with E-state index in [9.17, 15) is 19.8 Å². The molecule has 0 heterocycles. The number of aromatic carboxylic acids is 2. The number of ether oxygens (including phenoxy) is 4. The number of carboxylic acid groups (broad SMARTS) is 2. The molecule has 0 aromatic heterocycles. The van der Waals surface area contributed by atoms with Crippen LogP contribution in [0.15, 0.2) is 0 Å². The molecule has 1 aromatic carbocycles. The van der Waals surface area contributed by atoms with E-state index < -0.39 is 23.1 Å². The first-order valence-electron chi connectivity index (χ1n) is 7.66. The van der Waals surface area contributed by atoms with E-state index in [2.05, 4.69) is 0 Å². The zero-order valence-electron chi connectivity index (χ0n) is 14.2. The van der Waals surface area contributed by atoms with Crippen LogP contribution in [0.2, 0.25) is 0 Å². The van der Waals surface area contributed by atoms with Crippen molar-refractivity contribution in [2.45, 2.75) is 27.7 Å². The summed E-state index contributed by atoms with van der Waals surface area (Å²) < 4.78 is 21.8. The number of carboxylic acids is 2. The minimum atomic E-state index is -1.46. The van der Waals surface area contributed by atoms with Gasteiger partial charge in [-0.1, -0.05) is 0 Å². The topological polar surface area (TPSA) is 112 Å². The third-order valence-corrected chi connectivity index (χ3v) is 2.91. The SMILES string of the molecule is CCOc1c(OCC)c(OCC)c(C(=O)O)c(C(=O)O)c1OCC. The van der Waals surface area contributed by atoms with E-state index in [1.54, 1.807) is 27.7 Å². The van der Waals surface area contributed by atoms with Crippen molar-refractivity contribution in [1.82, 2.24) is 0 Å². The molecule has 1 aromatic rings. The van der Waals surface area contributed by atoms with Gasteiger partial charge in [0.05, 0.1) is 26.4 Å². The van der Waals surface area contributed by atoms with Crippen LogP contribution >= 0.6 is 0 Å². The van der Waals surface area contributed by atoms with Crippen molar-refractivity contribution in [2.24, 2.45) is 0 Å². The average molecular weight is 342 g/mol. The molecule has 0 fully saturated rings. The Hall–Kier alpha value is -2.64. The smallest absolute Gasteiger partial charge is 0.340 e. The molecule has 24 heavy (non-hydrogen) atoms. The average Bonchev–Trinajstić information content (AvgIpc) is 2.51. The Labute approximate surface area is 139 Å². The summed E-state index contributed by atoms with van der Waals surface area (Å²) in [5.74, 6) is -3.24. The molecule has 0 aliphatic rings. The molecule has 0 bridgehead atoms. The normalized spacial score (nSPS) is 10.2. The highest BCUT2D eigenvalue weighted by Crippen LogP contribution is 2.50. The summed E-state index contributed by atoms with van der Waals surface area (Å²) >= 11 is 0. The summed E-state index contributed by atoms with van der Waals surface area (Å²) in [5.41, 5.74) is -1.06. The Kier molecular flexibility index (Phi) is 7.16. The fraction of sp³-hybridized carbons (Fsp3) is 0.500. The largest absolute Gasteiger partial charge is 0.489 e. The Morgan fingerprint density at radius 2 is 0.875 bits per heavy atom. The summed E-state index contributed by atoms with van der Waals surface area (Å²) in [6.45, 7) is 7.37. The van der Waals surface area contributed by atoms with E-state index >= 15 is 0 Å². The molecule has 0 spiro atoms. The molecule has 0 atom stereocenters. The van der Waals surface area contributed by atoms with Gasteiger partial charge in [0.25, 0.3) is 0 Å². The predicted octanol–water partition coefficient (Wildman–Crippen LogP) is 2.68. The second-order valence-electron chi connectivity index (χ2n) is 4.41. The summed E-state index contributed by atoms with van der Waals surface area (Å²) in [4.78, 5) is 23.4. The first kappa shape index (κ1) is 19.4. The van der Waals surface area contributed by atoms with Gasteiger partial charge < -0.3 is 29.2 Å². The maximum absolute atomic E-state index is 11.7. The number of hydrogen-bond donors (Lipinski definition) is 2. The van der Waals surface area contributed by atoms with E-state index in [1.807, 2.05) is 0 Å². The van der Waals surface area contributed by atoms with Gasteiger partial charge in [-0.15, -0.1) is 0 Å². The molecule has 8 nitrogen and oxygen atoms in total. The molecule has 134 valence electrons. The lowest BCUT2D eigenvalue weighted by atomic mass is 10.0. The molecule has 0 amide bonds. The Balaban J connectivity index is 3.97. The van der Waals surface area contributed by atoms with Gasteiger partial charge >= 0.3 is 11.9 Å². The Morgan fingerprint density at radius 3 is 1.08 bits per heavy atom. The minimum Gasteiger partial charge on any atom is -0.489 e. The van der Waals surface area contributed by atoms with Crippen LogP contribution in [-0.2, 0) is 0 Å². The number of hydrogen-bond acceptors (Lipinski definition) is 6. The van der Waals surface area contributed by atoms with Crippen LogP contribution in [0.3, 0.4) is 0 Å². The van der Waals surface area contributed by atoms with Gasteiger partial charge in [-0.2, -0.15) is 0 Å². The van der Waals surface area contributed by atoms with Crippen molar-refractivity contribution in [3.8, 4) is 23.0 Å². The van der Waals surface area contributed by atoms with Crippen LogP contribution in [-0.4, -0.2) is 48.6 Å². The van der Waals surface area contributed by atoms with Crippen molar-refractivity contribution in [2.75, 3.05) is 26.4 Å². The second kappa shape index (κ2) is 8.85. The Morgan fingerprint density at radius 1 is 0.625 bits per heavy atom. The van der Waals surface area contributed by atoms with Gasteiger partial charge in [-0.3, -0.25) is 0 Å². The monoisotopic (exact) mass is 342 g/mol. The summed E-state index contributed by atoms with van der Waals surface area (Å²) in [7, 11) is 0. The molecule has 1 rings (SSSR count). The van der Waals surface area contributed by atoms with Crippen molar-refractivity contribution in [3.05, 3.63) is 11.1 Å². The van der Waals surface area contributed by atoms with E-state index in [1.165, 1.54) is 0 Å². The zero-order chi connectivity index (χ0) is 18.3. The van der Waals surface area contributed by atoms with Gasteiger partial charge in [0.1, 0.15) is 11.1 Å². The molecule has 0 aliphatic carbocycles. The zero-order valence-corrected chi connectivity index (χ0v) is 14.2. The highest BCUT2D eigenvalue weighted by Gasteiger charge is 2.35. The van der Waals surface area contributed by atoms with E-state index in [4.69, 9.17) is 18.9 Å². The molecule has 0 saturated carbocycles. The van der Waals surface area contributed by atoms with Gasteiger partial charge in [0.2, 0.25) is 11.5 Å². The third kappa shape index (κ3) is 3.81. The quantitative estimate of drug-likeness (QED) is 0.667. The molecule has 0 unspecified atom stereocenters. The maximum Gasteiger partial charge on any atom is 0.340 e. The van der Waals surface area contributed by atoms with Gasteiger partial charge in [0, 0.05) is 0 Å². The van der Waals surface area contributed by atoms with Crippen molar-refractivity contribution in [3.63, 3.8) is 0 Å². The van der Waals surface area contributed by atoms with Gasteiger partial charge in [0.15, 0.2) is 11.5 Å².